The summed E-state index contributed by atoms with van der Waals surface area (Å²) in [6.45, 7) is 5.21. The summed E-state index contributed by atoms with van der Waals surface area (Å²) >= 11 is 5.60. The van der Waals surface area contributed by atoms with Crippen LogP contribution in [0.2, 0.25) is 5.02 Å². The Bertz CT molecular complexity index is 333. The second-order valence-corrected chi connectivity index (χ2v) is 4.30. The van der Waals surface area contributed by atoms with E-state index in [-0.39, 0.29) is 10.8 Å². The Morgan fingerprint density at radius 2 is 2.18 bits per heavy atom. The molecule has 96 valence electrons. The summed E-state index contributed by atoms with van der Waals surface area (Å²) in [4.78, 5) is 0. The molecule has 0 aliphatic rings. The van der Waals surface area contributed by atoms with E-state index in [0.717, 1.165) is 38.2 Å². The lowest BCUT2D eigenvalue weighted by Crippen LogP contribution is -2.16. The minimum Gasteiger partial charge on any atom is -0.381 e. The molecule has 1 rings (SSSR count). The highest BCUT2D eigenvalue weighted by atomic mass is 35.5. The van der Waals surface area contributed by atoms with Gasteiger partial charge in [0, 0.05) is 19.8 Å². The average Bonchev–Trinajstić information content (AvgIpc) is 2.32. The maximum Gasteiger partial charge on any atom is 0.142 e. The Hall–Kier alpha value is -0.640. The van der Waals surface area contributed by atoms with Crippen molar-refractivity contribution in [3.8, 4) is 0 Å². The molecule has 0 atom stereocenters. The molecule has 4 heteroatoms. The first-order chi connectivity index (χ1) is 8.24. The molecule has 0 aliphatic heterocycles. The van der Waals surface area contributed by atoms with Crippen molar-refractivity contribution in [2.45, 2.75) is 26.3 Å². The minimum absolute atomic E-state index is 0.168. The largest absolute Gasteiger partial charge is 0.381 e. The van der Waals surface area contributed by atoms with E-state index in [1.54, 1.807) is 6.07 Å². The second-order valence-electron chi connectivity index (χ2n) is 3.89. The summed E-state index contributed by atoms with van der Waals surface area (Å²) in [5.74, 6) is -0.364. The molecule has 1 aromatic rings. The molecular weight excluding hydrogens is 241 g/mol. The first-order valence-electron chi connectivity index (χ1n) is 5.96. The summed E-state index contributed by atoms with van der Waals surface area (Å²) in [6, 6.07) is 4.87. The Kier molecular flexibility index (Phi) is 7.17. The van der Waals surface area contributed by atoms with Crippen molar-refractivity contribution in [1.82, 2.24) is 5.32 Å². The van der Waals surface area contributed by atoms with Gasteiger partial charge in [-0.3, -0.25) is 0 Å². The molecule has 0 bridgehead atoms. The third kappa shape index (κ3) is 6.01. The maximum atomic E-state index is 13.1. The van der Waals surface area contributed by atoms with E-state index in [9.17, 15) is 4.39 Å². The molecule has 0 saturated carbocycles. The number of ether oxygens (including phenoxy) is 1. The predicted octanol–water partition coefficient (Wildman–Crippen LogP) is 3.39. The first-order valence-corrected chi connectivity index (χ1v) is 6.34. The van der Waals surface area contributed by atoms with E-state index in [4.69, 9.17) is 16.3 Å². The van der Waals surface area contributed by atoms with E-state index in [2.05, 4.69) is 12.2 Å². The number of hydrogen-bond acceptors (Lipinski definition) is 2. The molecule has 0 spiro atoms. The molecule has 0 fully saturated rings. The van der Waals surface area contributed by atoms with Gasteiger partial charge >= 0.3 is 0 Å². The van der Waals surface area contributed by atoms with Crippen LogP contribution in [0.1, 0.15) is 25.3 Å². The Morgan fingerprint density at radius 1 is 1.35 bits per heavy atom. The van der Waals surface area contributed by atoms with Crippen molar-refractivity contribution < 1.29 is 9.13 Å². The van der Waals surface area contributed by atoms with Crippen LogP contribution < -0.4 is 5.32 Å². The van der Waals surface area contributed by atoms with Crippen LogP contribution in [0.3, 0.4) is 0 Å². The normalized spacial score (nSPS) is 10.8. The lowest BCUT2D eigenvalue weighted by atomic mass is 10.2. The fraction of sp³-hybridized carbons (Fsp3) is 0.538. The third-order valence-corrected chi connectivity index (χ3v) is 2.61. The standard InChI is InChI=1S/C13H19ClFNO/c1-2-7-17-8-3-6-16-10-11-4-5-12(14)13(15)9-11/h4-5,9,16H,2-3,6-8,10H2,1H3. The Balaban J connectivity index is 2.11. The molecule has 17 heavy (non-hydrogen) atoms. The molecule has 0 heterocycles. The lowest BCUT2D eigenvalue weighted by molar-refractivity contribution is 0.132. The van der Waals surface area contributed by atoms with Gasteiger partial charge < -0.3 is 10.1 Å². The SMILES string of the molecule is CCCOCCCNCc1ccc(Cl)c(F)c1. The fourth-order valence-electron chi connectivity index (χ4n) is 1.43. The zero-order chi connectivity index (χ0) is 12.5. The molecule has 1 aromatic carbocycles. The number of rotatable bonds is 8. The Labute approximate surface area is 107 Å². The molecule has 0 aromatic heterocycles. The van der Waals surface area contributed by atoms with E-state index in [0.29, 0.717) is 6.54 Å². The number of hydrogen-bond donors (Lipinski definition) is 1. The molecule has 0 amide bonds. The lowest BCUT2D eigenvalue weighted by Gasteiger charge is -2.06. The monoisotopic (exact) mass is 259 g/mol. The van der Waals surface area contributed by atoms with Crippen molar-refractivity contribution in [2.24, 2.45) is 0 Å². The van der Waals surface area contributed by atoms with Crippen molar-refractivity contribution >= 4 is 11.6 Å². The van der Waals surface area contributed by atoms with E-state index >= 15 is 0 Å². The van der Waals surface area contributed by atoms with E-state index in [1.165, 1.54) is 6.07 Å². The van der Waals surface area contributed by atoms with Crippen molar-refractivity contribution in [3.63, 3.8) is 0 Å². The summed E-state index contributed by atoms with van der Waals surface area (Å²) < 4.78 is 18.5. The van der Waals surface area contributed by atoms with Crippen LogP contribution in [0, 0.1) is 5.82 Å². The van der Waals surface area contributed by atoms with Crippen LogP contribution in [0.15, 0.2) is 18.2 Å². The molecule has 0 aliphatic carbocycles. The number of halogens is 2. The Morgan fingerprint density at radius 3 is 2.88 bits per heavy atom. The van der Waals surface area contributed by atoms with Crippen LogP contribution in [-0.4, -0.2) is 19.8 Å². The molecule has 2 nitrogen and oxygen atoms in total. The quantitative estimate of drug-likeness (QED) is 0.723. The maximum absolute atomic E-state index is 13.1. The highest BCUT2D eigenvalue weighted by Gasteiger charge is 2.00. The molecule has 0 saturated heterocycles. The zero-order valence-electron chi connectivity index (χ0n) is 10.1. The van der Waals surface area contributed by atoms with Crippen molar-refractivity contribution in [3.05, 3.63) is 34.6 Å². The minimum atomic E-state index is -0.364. The van der Waals surface area contributed by atoms with Crippen LogP contribution in [0.25, 0.3) is 0 Å². The summed E-state index contributed by atoms with van der Waals surface area (Å²) in [7, 11) is 0. The van der Waals surface area contributed by atoms with Crippen molar-refractivity contribution in [2.75, 3.05) is 19.8 Å². The smallest absolute Gasteiger partial charge is 0.142 e. The average molecular weight is 260 g/mol. The van der Waals surface area contributed by atoms with Gasteiger partial charge in [0.1, 0.15) is 5.82 Å². The van der Waals surface area contributed by atoms with Gasteiger partial charge in [-0.1, -0.05) is 24.6 Å². The van der Waals surface area contributed by atoms with Crippen LogP contribution in [-0.2, 0) is 11.3 Å². The third-order valence-electron chi connectivity index (χ3n) is 2.30. The van der Waals surface area contributed by atoms with Gasteiger partial charge in [0.25, 0.3) is 0 Å². The highest BCUT2D eigenvalue weighted by Crippen LogP contribution is 2.15. The first kappa shape index (κ1) is 14.4. The second kappa shape index (κ2) is 8.45. The summed E-state index contributed by atoms with van der Waals surface area (Å²) in [6.07, 6.45) is 2.02. The van der Waals surface area contributed by atoms with Gasteiger partial charge in [0.15, 0.2) is 0 Å². The topological polar surface area (TPSA) is 21.3 Å². The number of nitrogens with one attached hydrogen (secondary N) is 1. The fourth-order valence-corrected chi connectivity index (χ4v) is 1.55. The number of benzene rings is 1. The highest BCUT2D eigenvalue weighted by molar-refractivity contribution is 6.30. The van der Waals surface area contributed by atoms with Gasteiger partial charge in [-0.25, -0.2) is 4.39 Å². The molecule has 1 N–H and O–H groups in total. The van der Waals surface area contributed by atoms with Crippen molar-refractivity contribution in [1.29, 1.82) is 0 Å². The molecule has 0 unspecified atom stereocenters. The zero-order valence-corrected chi connectivity index (χ0v) is 10.9. The van der Waals surface area contributed by atoms with Crippen LogP contribution in [0.4, 0.5) is 4.39 Å². The predicted molar refractivity (Wildman–Crippen MR) is 68.8 cm³/mol. The van der Waals surface area contributed by atoms with Gasteiger partial charge in [-0.15, -0.1) is 0 Å². The van der Waals surface area contributed by atoms with E-state index in [1.807, 2.05) is 6.07 Å². The van der Waals surface area contributed by atoms with E-state index < -0.39 is 0 Å². The molecule has 0 radical (unpaired) electrons. The summed E-state index contributed by atoms with van der Waals surface area (Å²) in [5.41, 5.74) is 0.904. The van der Waals surface area contributed by atoms with Gasteiger partial charge in [-0.05, 0) is 37.1 Å². The summed E-state index contributed by atoms with van der Waals surface area (Å²) in [5, 5.41) is 3.40. The van der Waals surface area contributed by atoms with Crippen LogP contribution in [0.5, 0.6) is 0 Å². The van der Waals surface area contributed by atoms with Gasteiger partial charge in [0.05, 0.1) is 5.02 Å². The van der Waals surface area contributed by atoms with Crippen LogP contribution >= 0.6 is 11.6 Å². The van der Waals surface area contributed by atoms with Gasteiger partial charge in [-0.2, -0.15) is 0 Å². The van der Waals surface area contributed by atoms with Gasteiger partial charge in [0.2, 0.25) is 0 Å². The molecular formula is C13H19ClFNO.